The van der Waals surface area contributed by atoms with E-state index in [2.05, 4.69) is 31.2 Å². The highest BCUT2D eigenvalue weighted by atomic mass is 79.9. The maximum absolute atomic E-state index is 12.4. The van der Waals surface area contributed by atoms with Gasteiger partial charge in [0, 0.05) is 22.7 Å². The maximum Gasteiger partial charge on any atom is 0.238 e. The van der Waals surface area contributed by atoms with Crippen LogP contribution in [0.5, 0.6) is 0 Å². The van der Waals surface area contributed by atoms with Crippen LogP contribution in [0.3, 0.4) is 0 Å². The quantitative estimate of drug-likeness (QED) is 0.775. The van der Waals surface area contributed by atoms with Crippen LogP contribution in [0.25, 0.3) is 0 Å². The van der Waals surface area contributed by atoms with E-state index in [0.29, 0.717) is 17.8 Å². The zero-order valence-corrected chi connectivity index (χ0v) is 16.2. The molecule has 7 nitrogen and oxygen atoms in total. The van der Waals surface area contributed by atoms with Crippen molar-refractivity contribution in [1.29, 1.82) is 0 Å². The number of pyridine rings is 1. The molecule has 9 heteroatoms. The number of aromatic nitrogens is 1. The second kappa shape index (κ2) is 6.80. The van der Waals surface area contributed by atoms with Gasteiger partial charge in [0.1, 0.15) is 5.54 Å². The number of aliphatic imine (C=N–C) groups is 1. The van der Waals surface area contributed by atoms with Gasteiger partial charge in [-0.25, -0.2) is 4.99 Å². The molecule has 3 rings (SSSR count). The number of carbonyl (C=O) groups excluding carboxylic acids is 2. The average molecular weight is 424 g/mol. The predicted octanol–water partition coefficient (Wildman–Crippen LogP) is 2.15. The molecule has 0 aromatic carbocycles. The topological polar surface area (TPSA) is 101 Å². The molecule has 0 bridgehead atoms. The van der Waals surface area contributed by atoms with Gasteiger partial charge in [-0.05, 0) is 41.4 Å². The lowest BCUT2D eigenvalue weighted by molar-refractivity contribution is -0.128. The van der Waals surface area contributed by atoms with Gasteiger partial charge in [-0.3, -0.25) is 19.5 Å². The van der Waals surface area contributed by atoms with E-state index < -0.39 is 5.54 Å². The third-order valence-electron chi connectivity index (χ3n) is 4.19. The molecule has 0 saturated heterocycles. The molecule has 0 spiro atoms. The number of nitrogens with one attached hydrogen (secondary N) is 1. The second-order valence-corrected chi connectivity index (χ2v) is 8.77. The van der Waals surface area contributed by atoms with Crippen molar-refractivity contribution in [3.05, 3.63) is 33.9 Å². The number of carbonyl (C=O) groups is 2. The summed E-state index contributed by atoms with van der Waals surface area (Å²) in [5, 5.41) is 2.75. The van der Waals surface area contributed by atoms with Gasteiger partial charge in [0.25, 0.3) is 0 Å². The fourth-order valence-electron chi connectivity index (χ4n) is 2.67. The van der Waals surface area contributed by atoms with Gasteiger partial charge in [-0.2, -0.15) is 0 Å². The van der Waals surface area contributed by atoms with Crippen molar-refractivity contribution in [1.82, 2.24) is 9.88 Å². The van der Waals surface area contributed by atoms with Gasteiger partial charge in [-0.15, -0.1) is 11.8 Å². The van der Waals surface area contributed by atoms with Crippen molar-refractivity contribution in [3.8, 4) is 0 Å². The summed E-state index contributed by atoms with van der Waals surface area (Å²) in [6.07, 6.45) is 4.44. The molecule has 132 valence electrons. The number of guanidine groups is 1. The first-order valence-electron chi connectivity index (χ1n) is 7.70. The third-order valence-corrected chi connectivity index (χ3v) is 6.16. The summed E-state index contributed by atoms with van der Waals surface area (Å²) < 4.78 is 0.977. The van der Waals surface area contributed by atoms with E-state index in [9.17, 15) is 9.59 Å². The summed E-state index contributed by atoms with van der Waals surface area (Å²) in [5.41, 5.74) is 6.21. The Balaban J connectivity index is 1.80. The Morgan fingerprint density at radius 1 is 1.56 bits per heavy atom. The van der Waals surface area contributed by atoms with Crippen molar-refractivity contribution in [3.63, 3.8) is 0 Å². The second-order valence-electron chi connectivity index (χ2n) is 6.14. The smallest absolute Gasteiger partial charge is 0.238 e. The molecule has 2 aliphatic rings. The predicted molar refractivity (Wildman–Crippen MR) is 102 cm³/mol. The molecule has 0 fully saturated rings. The monoisotopic (exact) mass is 423 g/mol. The minimum absolute atomic E-state index is 0.0690. The Morgan fingerprint density at radius 3 is 2.96 bits per heavy atom. The third kappa shape index (κ3) is 3.72. The number of allylic oxidation sites excluding steroid dienone is 1. The minimum Gasteiger partial charge on any atom is -0.369 e. The van der Waals surface area contributed by atoms with E-state index in [0.717, 1.165) is 3.81 Å². The molecular weight excluding hydrogens is 406 g/mol. The number of rotatable bonds is 3. The Bertz CT molecular complexity index is 796. The van der Waals surface area contributed by atoms with Crippen LogP contribution in [-0.4, -0.2) is 40.0 Å². The normalized spacial score (nSPS) is 26.3. The summed E-state index contributed by atoms with van der Waals surface area (Å²) in [5.74, 6) is -0.0294. The van der Waals surface area contributed by atoms with Crippen molar-refractivity contribution in [2.75, 3.05) is 12.4 Å². The maximum atomic E-state index is 12.4. The zero-order valence-electron chi connectivity index (χ0n) is 13.8. The molecule has 1 aromatic heterocycles. The number of hydrogen-bond acceptors (Lipinski definition) is 6. The molecule has 2 atom stereocenters. The molecule has 3 heterocycles. The van der Waals surface area contributed by atoms with Crippen molar-refractivity contribution >= 4 is 51.2 Å². The van der Waals surface area contributed by atoms with Gasteiger partial charge < -0.3 is 11.1 Å². The van der Waals surface area contributed by atoms with Crippen LogP contribution in [0.15, 0.2) is 33.2 Å². The van der Waals surface area contributed by atoms with Gasteiger partial charge in [-0.1, -0.05) is 6.08 Å². The molecule has 0 aliphatic carbocycles. The Morgan fingerprint density at radius 2 is 2.32 bits per heavy atom. The van der Waals surface area contributed by atoms with Crippen molar-refractivity contribution in [2.45, 2.75) is 30.6 Å². The van der Waals surface area contributed by atoms with E-state index in [-0.39, 0.29) is 29.4 Å². The first kappa shape index (κ1) is 17.9. The van der Waals surface area contributed by atoms with Gasteiger partial charge in [0.15, 0.2) is 5.96 Å². The standard InChI is InChI=1S/C16H18BrN5O2S/c1-16(8-13(23)22(2)15(18)21-16)11-7-9(5-6-19-11)20-14(24)10-3-4-12(17)25-10/h4-7,10H,3,8H2,1-2H3,(H2,18,21)(H,19,20,24). The highest BCUT2D eigenvalue weighted by Gasteiger charge is 2.37. The first-order valence-corrected chi connectivity index (χ1v) is 9.37. The molecule has 0 saturated carbocycles. The summed E-state index contributed by atoms with van der Waals surface area (Å²) in [4.78, 5) is 34.6. The number of nitrogens with two attached hydrogens (primary N) is 1. The Kier molecular flexibility index (Phi) is 4.88. The van der Waals surface area contributed by atoms with Crippen LogP contribution in [0, 0.1) is 0 Å². The van der Waals surface area contributed by atoms with E-state index >= 15 is 0 Å². The van der Waals surface area contributed by atoms with Crippen LogP contribution in [0.1, 0.15) is 25.5 Å². The lowest BCUT2D eigenvalue weighted by atomic mass is 9.91. The summed E-state index contributed by atoms with van der Waals surface area (Å²) >= 11 is 4.88. The number of nitrogens with zero attached hydrogens (tertiary/aromatic N) is 3. The van der Waals surface area contributed by atoms with Crippen molar-refractivity contribution in [2.24, 2.45) is 10.7 Å². The number of thioether (sulfide) groups is 1. The molecule has 2 aliphatic heterocycles. The van der Waals surface area contributed by atoms with E-state index in [1.807, 2.05) is 13.0 Å². The summed E-state index contributed by atoms with van der Waals surface area (Å²) in [7, 11) is 1.59. The largest absolute Gasteiger partial charge is 0.369 e. The number of anilines is 1. The first-order chi connectivity index (χ1) is 11.8. The van der Waals surface area contributed by atoms with Gasteiger partial charge >= 0.3 is 0 Å². The number of halogens is 1. The highest BCUT2D eigenvalue weighted by Crippen LogP contribution is 2.37. The minimum atomic E-state index is -0.846. The van der Waals surface area contributed by atoms with Gasteiger partial charge in [0.2, 0.25) is 11.8 Å². The van der Waals surface area contributed by atoms with Crippen LogP contribution < -0.4 is 11.1 Å². The van der Waals surface area contributed by atoms with Crippen LogP contribution in [0.2, 0.25) is 0 Å². The zero-order chi connectivity index (χ0) is 18.2. The molecule has 3 N–H and O–H groups in total. The fraction of sp³-hybridized carbons (Fsp3) is 0.375. The fourth-order valence-corrected chi connectivity index (χ4v) is 4.36. The summed E-state index contributed by atoms with van der Waals surface area (Å²) in [6, 6.07) is 3.46. The van der Waals surface area contributed by atoms with Crippen LogP contribution in [-0.2, 0) is 15.1 Å². The molecule has 2 amide bonds. The van der Waals surface area contributed by atoms with Crippen molar-refractivity contribution < 1.29 is 9.59 Å². The Labute approximate surface area is 158 Å². The SMILES string of the molecule is CN1C(=O)CC(C)(c2cc(NC(=O)C3CC=C(Br)S3)ccn2)N=C1N. The van der Waals surface area contributed by atoms with E-state index in [4.69, 9.17) is 5.73 Å². The molecule has 25 heavy (non-hydrogen) atoms. The number of hydrogen-bond donors (Lipinski definition) is 2. The van der Waals surface area contributed by atoms with Crippen LogP contribution >= 0.6 is 27.7 Å². The molecule has 1 aromatic rings. The number of amides is 2. The van der Waals surface area contributed by atoms with E-state index in [1.165, 1.54) is 16.7 Å². The summed E-state index contributed by atoms with van der Waals surface area (Å²) in [6.45, 7) is 1.81. The van der Waals surface area contributed by atoms with Gasteiger partial charge in [0.05, 0.1) is 17.4 Å². The average Bonchev–Trinajstić information content (AvgIpc) is 2.99. The Hall–Kier alpha value is -1.87. The molecular formula is C16H18BrN5O2S. The van der Waals surface area contributed by atoms with E-state index in [1.54, 1.807) is 25.4 Å². The molecule has 2 unspecified atom stereocenters. The lowest BCUT2D eigenvalue weighted by Crippen LogP contribution is -2.47. The highest BCUT2D eigenvalue weighted by molar-refractivity contribution is 9.14. The van der Waals surface area contributed by atoms with Crippen LogP contribution in [0.4, 0.5) is 5.69 Å². The lowest BCUT2D eigenvalue weighted by Gasteiger charge is -2.32. The molecule has 0 radical (unpaired) electrons.